The molecule has 1 unspecified atom stereocenters. The van der Waals surface area contributed by atoms with E-state index >= 15 is 0 Å². The van der Waals surface area contributed by atoms with Crippen LogP contribution in [0.3, 0.4) is 0 Å². The first-order valence-electron chi connectivity index (χ1n) is 7.50. The minimum absolute atomic E-state index is 0.101. The normalized spacial score (nSPS) is 13.1. The summed E-state index contributed by atoms with van der Waals surface area (Å²) in [5.74, 6) is -1.54. The van der Waals surface area contributed by atoms with Gasteiger partial charge in [0, 0.05) is 34.4 Å². The van der Waals surface area contributed by atoms with Crippen molar-refractivity contribution in [1.82, 2.24) is 4.57 Å². The van der Waals surface area contributed by atoms with Crippen molar-refractivity contribution in [3.8, 4) is 0 Å². The number of aromatic nitrogens is 1. The van der Waals surface area contributed by atoms with Crippen LogP contribution >= 0.6 is 0 Å². The number of hydrogen-bond acceptors (Lipinski definition) is 2. The zero-order valence-electron chi connectivity index (χ0n) is 12.8. The first kappa shape index (κ1) is 14.6. The lowest BCUT2D eigenvalue weighted by molar-refractivity contribution is -0.138. The van der Waals surface area contributed by atoms with Gasteiger partial charge in [0.15, 0.2) is 0 Å². The van der Waals surface area contributed by atoms with Crippen molar-refractivity contribution in [3.05, 3.63) is 48.0 Å². The lowest BCUT2D eigenvalue weighted by Gasteiger charge is -2.13. The summed E-state index contributed by atoms with van der Waals surface area (Å²) in [6, 6.07) is 14.4. The summed E-state index contributed by atoms with van der Waals surface area (Å²) in [6.45, 7) is 4.41. The number of hydrogen-bond donors (Lipinski definition) is 2. The molecule has 22 heavy (non-hydrogen) atoms. The highest BCUT2D eigenvalue weighted by molar-refractivity contribution is 6.08. The van der Waals surface area contributed by atoms with Crippen molar-refractivity contribution in [2.45, 2.75) is 25.8 Å². The van der Waals surface area contributed by atoms with E-state index in [1.54, 1.807) is 0 Å². The number of carboxylic acid groups (broad SMARTS) is 1. The fraction of sp³-hybridized carbons (Fsp3) is 0.278. The van der Waals surface area contributed by atoms with E-state index in [0.29, 0.717) is 6.04 Å². The zero-order chi connectivity index (χ0) is 15.9. The summed E-state index contributed by atoms with van der Waals surface area (Å²) in [6.07, 6.45) is 0. The molecule has 0 aliphatic carbocycles. The maximum absolute atomic E-state index is 11.4. The Kier molecular flexibility index (Phi) is 3.62. The SMILES string of the molecule is CC(C)n1c2ccccc2c2cc(C(CN)C(=O)O)ccc21. The Bertz CT molecular complexity index is 849. The lowest BCUT2D eigenvalue weighted by atomic mass is 9.97. The summed E-state index contributed by atoms with van der Waals surface area (Å²) in [5, 5.41) is 11.6. The van der Waals surface area contributed by atoms with E-state index in [2.05, 4.69) is 30.5 Å². The predicted molar refractivity (Wildman–Crippen MR) is 89.3 cm³/mol. The molecule has 3 rings (SSSR count). The molecule has 4 heteroatoms. The van der Waals surface area contributed by atoms with E-state index < -0.39 is 11.9 Å². The standard InChI is InChI=1S/C18H20N2O2/c1-11(2)20-16-6-4-3-5-13(16)14-9-12(7-8-17(14)20)15(10-19)18(21)22/h3-9,11,15H,10,19H2,1-2H3,(H,21,22). The van der Waals surface area contributed by atoms with Crippen molar-refractivity contribution in [1.29, 1.82) is 0 Å². The summed E-state index contributed by atoms with van der Waals surface area (Å²) in [4.78, 5) is 11.4. The Morgan fingerprint density at radius 2 is 1.82 bits per heavy atom. The molecule has 0 spiro atoms. The molecular formula is C18H20N2O2. The number of para-hydroxylation sites is 1. The first-order chi connectivity index (χ1) is 10.5. The Morgan fingerprint density at radius 3 is 2.45 bits per heavy atom. The fourth-order valence-electron chi connectivity index (χ4n) is 3.17. The van der Waals surface area contributed by atoms with Crippen LogP contribution in [0.4, 0.5) is 0 Å². The Morgan fingerprint density at radius 1 is 1.14 bits per heavy atom. The van der Waals surface area contributed by atoms with Crippen LogP contribution in [0.2, 0.25) is 0 Å². The van der Waals surface area contributed by atoms with Crippen LogP contribution in [0.15, 0.2) is 42.5 Å². The maximum Gasteiger partial charge on any atom is 0.312 e. The molecule has 0 saturated carbocycles. The van der Waals surface area contributed by atoms with Gasteiger partial charge in [-0.1, -0.05) is 24.3 Å². The summed E-state index contributed by atoms with van der Waals surface area (Å²) in [5.41, 5.74) is 8.68. The van der Waals surface area contributed by atoms with Crippen molar-refractivity contribution in [3.63, 3.8) is 0 Å². The smallest absolute Gasteiger partial charge is 0.312 e. The summed E-state index contributed by atoms with van der Waals surface area (Å²) in [7, 11) is 0. The van der Waals surface area contributed by atoms with Gasteiger partial charge in [0.05, 0.1) is 5.92 Å². The van der Waals surface area contributed by atoms with Crippen LogP contribution in [0.25, 0.3) is 21.8 Å². The average molecular weight is 296 g/mol. The van der Waals surface area contributed by atoms with Crippen molar-refractivity contribution in [2.24, 2.45) is 5.73 Å². The number of fused-ring (bicyclic) bond motifs is 3. The minimum Gasteiger partial charge on any atom is -0.481 e. The summed E-state index contributed by atoms with van der Waals surface area (Å²) >= 11 is 0. The molecule has 0 saturated heterocycles. The monoisotopic (exact) mass is 296 g/mol. The number of nitrogens with zero attached hydrogens (tertiary/aromatic N) is 1. The van der Waals surface area contributed by atoms with Crippen LogP contribution in [0.5, 0.6) is 0 Å². The molecule has 0 radical (unpaired) electrons. The molecule has 3 N–H and O–H groups in total. The molecular weight excluding hydrogens is 276 g/mol. The second-order valence-electron chi connectivity index (χ2n) is 5.88. The summed E-state index contributed by atoms with van der Waals surface area (Å²) < 4.78 is 2.28. The number of carboxylic acids is 1. The largest absolute Gasteiger partial charge is 0.481 e. The number of rotatable bonds is 4. The van der Waals surface area contributed by atoms with Crippen molar-refractivity contribution >= 4 is 27.8 Å². The predicted octanol–water partition coefficient (Wildman–Crippen LogP) is 3.50. The molecule has 0 aliphatic rings. The number of benzene rings is 2. The van der Waals surface area contributed by atoms with Crippen LogP contribution in [-0.2, 0) is 4.79 Å². The van der Waals surface area contributed by atoms with Crippen molar-refractivity contribution < 1.29 is 9.90 Å². The number of nitrogens with two attached hydrogens (primary N) is 1. The third-order valence-corrected chi connectivity index (χ3v) is 4.19. The molecule has 3 aromatic rings. The third kappa shape index (κ3) is 2.16. The Balaban J connectivity index is 2.33. The van der Waals surface area contributed by atoms with Gasteiger partial charge in [-0.05, 0) is 37.6 Å². The quantitative estimate of drug-likeness (QED) is 0.774. The van der Waals surface area contributed by atoms with E-state index in [1.807, 2.05) is 30.3 Å². The highest BCUT2D eigenvalue weighted by atomic mass is 16.4. The topological polar surface area (TPSA) is 68.2 Å². The molecule has 114 valence electrons. The van der Waals surface area contributed by atoms with Gasteiger partial charge in [-0.25, -0.2) is 0 Å². The van der Waals surface area contributed by atoms with Crippen LogP contribution < -0.4 is 5.73 Å². The molecule has 1 aromatic heterocycles. The highest BCUT2D eigenvalue weighted by Gasteiger charge is 2.20. The third-order valence-electron chi connectivity index (χ3n) is 4.19. The van der Waals surface area contributed by atoms with Gasteiger partial charge in [-0.3, -0.25) is 4.79 Å². The zero-order valence-corrected chi connectivity index (χ0v) is 12.8. The molecule has 4 nitrogen and oxygen atoms in total. The molecule has 1 heterocycles. The van der Waals surface area contributed by atoms with Crippen LogP contribution in [0.1, 0.15) is 31.4 Å². The number of carbonyl (C=O) groups is 1. The Labute approximate surface area is 129 Å². The van der Waals surface area contributed by atoms with Gasteiger partial charge in [-0.15, -0.1) is 0 Å². The van der Waals surface area contributed by atoms with E-state index in [9.17, 15) is 9.90 Å². The lowest BCUT2D eigenvalue weighted by Crippen LogP contribution is -2.21. The Hall–Kier alpha value is -2.33. The molecule has 1 atom stereocenters. The molecule has 0 fully saturated rings. The average Bonchev–Trinajstić information content (AvgIpc) is 2.81. The fourth-order valence-corrected chi connectivity index (χ4v) is 3.17. The minimum atomic E-state index is -0.880. The van der Waals surface area contributed by atoms with Gasteiger partial charge in [0.2, 0.25) is 0 Å². The van der Waals surface area contributed by atoms with E-state index in [1.165, 1.54) is 5.52 Å². The van der Waals surface area contributed by atoms with E-state index in [4.69, 9.17) is 5.73 Å². The van der Waals surface area contributed by atoms with Gasteiger partial charge >= 0.3 is 5.97 Å². The van der Waals surface area contributed by atoms with Gasteiger partial charge in [0.25, 0.3) is 0 Å². The second kappa shape index (κ2) is 5.46. The molecule has 0 aliphatic heterocycles. The van der Waals surface area contributed by atoms with Gasteiger partial charge in [-0.2, -0.15) is 0 Å². The molecule has 2 aromatic carbocycles. The van der Waals surface area contributed by atoms with Crippen molar-refractivity contribution in [2.75, 3.05) is 6.54 Å². The van der Waals surface area contributed by atoms with Gasteiger partial charge in [0.1, 0.15) is 0 Å². The second-order valence-corrected chi connectivity index (χ2v) is 5.88. The van der Waals surface area contributed by atoms with Crippen LogP contribution in [-0.4, -0.2) is 22.2 Å². The number of aliphatic carboxylic acids is 1. The van der Waals surface area contributed by atoms with E-state index in [0.717, 1.165) is 21.9 Å². The first-order valence-corrected chi connectivity index (χ1v) is 7.50. The molecule has 0 bridgehead atoms. The van der Waals surface area contributed by atoms with E-state index in [-0.39, 0.29) is 6.54 Å². The molecule has 0 amide bonds. The maximum atomic E-state index is 11.4. The van der Waals surface area contributed by atoms with Crippen LogP contribution in [0, 0.1) is 0 Å². The highest BCUT2D eigenvalue weighted by Crippen LogP contribution is 2.33. The van der Waals surface area contributed by atoms with Gasteiger partial charge < -0.3 is 15.4 Å².